The Labute approximate surface area is 146 Å². The molecule has 0 spiro atoms. The van der Waals surface area contributed by atoms with Crippen LogP contribution in [0.1, 0.15) is 6.42 Å². The lowest BCUT2D eigenvalue weighted by Gasteiger charge is -2.32. The average Bonchev–Trinajstić information content (AvgIpc) is 2.42. The summed E-state index contributed by atoms with van der Waals surface area (Å²) in [7, 11) is -5.82. The maximum atomic E-state index is 12.8. The predicted molar refractivity (Wildman–Crippen MR) is 69.1 cm³/mol. The van der Waals surface area contributed by atoms with E-state index in [1.165, 1.54) is 0 Å². The highest BCUT2D eigenvalue weighted by molar-refractivity contribution is 7.86. The molecular weight excluding hydrogens is 428 g/mol. The number of carbonyl (C=O) groups excluding carboxylic acids is 1. The van der Waals surface area contributed by atoms with E-state index >= 15 is 0 Å². The number of hydrogen-bond donors (Lipinski definition) is 2. The van der Waals surface area contributed by atoms with Gasteiger partial charge in [0.15, 0.2) is 0 Å². The smallest absolute Gasteiger partial charge is 0.426 e. The van der Waals surface area contributed by atoms with Crippen LogP contribution in [0.2, 0.25) is 0 Å². The second kappa shape index (κ2) is 8.24. The van der Waals surface area contributed by atoms with Crippen LogP contribution in [-0.2, 0) is 24.4 Å². The van der Waals surface area contributed by atoms with Crippen LogP contribution < -0.4 is 0 Å². The fourth-order valence-corrected chi connectivity index (χ4v) is 1.50. The van der Waals surface area contributed by atoms with E-state index in [-0.39, 0.29) is 0 Å². The van der Waals surface area contributed by atoms with Crippen LogP contribution >= 0.6 is 0 Å². The fraction of sp³-hybridized carbons (Fsp3) is 0.727. The van der Waals surface area contributed by atoms with E-state index in [1.54, 1.807) is 0 Å². The summed E-state index contributed by atoms with van der Waals surface area (Å²) in [5.74, 6) is -1.66. The summed E-state index contributed by atoms with van der Waals surface area (Å²) in [6, 6.07) is 0. The Morgan fingerprint density at radius 2 is 1.44 bits per heavy atom. The number of alkyl halides is 8. The van der Waals surface area contributed by atoms with E-state index in [0.717, 1.165) is 0 Å². The van der Waals surface area contributed by atoms with Crippen molar-refractivity contribution in [1.82, 2.24) is 0 Å². The first kappa shape index (κ1) is 25.5. The summed E-state index contributed by atoms with van der Waals surface area (Å²) >= 11 is 0. The minimum atomic E-state index is -6.13. The maximum absolute atomic E-state index is 12.8. The molecule has 0 aliphatic carbocycles. The van der Waals surface area contributed by atoms with Crippen LogP contribution in [0.4, 0.5) is 35.1 Å². The molecule has 0 aliphatic heterocycles. The summed E-state index contributed by atoms with van der Waals surface area (Å²) in [5, 5.41) is 4.05. The molecule has 0 radical (unpaired) electrons. The highest BCUT2D eigenvalue weighted by Gasteiger charge is 2.70. The van der Waals surface area contributed by atoms with Crippen LogP contribution in [0.25, 0.3) is 0 Å². The fourth-order valence-electron chi connectivity index (χ4n) is 1.26. The van der Waals surface area contributed by atoms with Gasteiger partial charge < -0.3 is 14.6 Å². The van der Waals surface area contributed by atoms with Crippen molar-refractivity contribution >= 4 is 16.1 Å². The maximum Gasteiger partial charge on any atom is 0.426 e. The number of esters is 1. The molecule has 0 saturated heterocycles. The summed E-state index contributed by atoms with van der Waals surface area (Å²) in [6.07, 6.45) is -14.4. The van der Waals surface area contributed by atoms with Gasteiger partial charge in [-0.05, 0) is 0 Å². The van der Waals surface area contributed by atoms with Gasteiger partial charge >= 0.3 is 33.7 Å². The zero-order chi connectivity index (χ0) is 21.9. The zero-order valence-corrected chi connectivity index (χ0v) is 13.7. The van der Waals surface area contributed by atoms with Crippen molar-refractivity contribution in [3.8, 4) is 0 Å². The first-order valence-electron chi connectivity index (χ1n) is 6.39. The van der Waals surface area contributed by atoms with Gasteiger partial charge in [-0.3, -0.25) is 4.55 Å². The van der Waals surface area contributed by atoms with Crippen molar-refractivity contribution in [3.63, 3.8) is 0 Å². The van der Waals surface area contributed by atoms with Crippen LogP contribution in [0.5, 0.6) is 0 Å². The molecule has 0 atom stereocenters. The van der Waals surface area contributed by atoms with E-state index in [4.69, 9.17) is 9.66 Å². The number of halogens is 8. The van der Waals surface area contributed by atoms with Crippen molar-refractivity contribution in [2.24, 2.45) is 0 Å². The van der Waals surface area contributed by atoms with E-state index in [2.05, 4.69) is 16.1 Å². The molecule has 0 bridgehead atoms. The molecule has 0 rings (SSSR count). The summed E-state index contributed by atoms with van der Waals surface area (Å²) in [4.78, 5) is 11.3. The first-order valence-corrected chi connectivity index (χ1v) is 7.83. The van der Waals surface area contributed by atoms with Crippen LogP contribution in [0.3, 0.4) is 0 Å². The Kier molecular flexibility index (Phi) is 7.77. The topological polar surface area (TPSA) is 110 Å². The van der Waals surface area contributed by atoms with Crippen molar-refractivity contribution in [2.45, 2.75) is 29.6 Å². The van der Waals surface area contributed by atoms with E-state index in [9.17, 15) is 48.3 Å². The second-order valence-electron chi connectivity index (χ2n) is 4.95. The van der Waals surface area contributed by atoms with Crippen LogP contribution in [0.15, 0.2) is 12.2 Å². The van der Waals surface area contributed by atoms with Gasteiger partial charge in [0, 0.05) is 6.42 Å². The van der Waals surface area contributed by atoms with Crippen molar-refractivity contribution in [2.75, 3.05) is 19.8 Å². The van der Waals surface area contributed by atoms with Crippen LogP contribution in [-0.4, -0.2) is 67.1 Å². The third kappa shape index (κ3) is 6.54. The Morgan fingerprint density at radius 3 is 1.81 bits per heavy atom. The quantitative estimate of drug-likeness (QED) is 0.244. The zero-order valence-electron chi connectivity index (χ0n) is 12.9. The molecule has 0 heterocycles. The minimum Gasteiger partial charge on any atom is -0.462 e. The molecule has 0 aromatic heterocycles. The first-order chi connectivity index (χ1) is 11.8. The standard InChI is InChI=1S/C11H12F8O7S/c1-6(4-25-5-9(12,13)27(22,23)24)7(20)26-3-2-8(21,10(14,15)16)11(17,18)19/h21H,1-5H2,(H,22,23,24). The monoisotopic (exact) mass is 440 g/mol. The number of rotatable bonds is 9. The molecular formula is C11H12F8O7S. The van der Waals surface area contributed by atoms with Gasteiger partial charge in [-0.15, -0.1) is 0 Å². The second-order valence-corrected chi connectivity index (χ2v) is 6.50. The van der Waals surface area contributed by atoms with Gasteiger partial charge in [0.1, 0.15) is 6.61 Å². The van der Waals surface area contributed by atoms with Crippen molar-refractivity contribution in [3.05, 3.63) is 12.2 Å². The molecule has 160 valence electrons. The van der Waals surface area contributed by atoms with Crippen LogP contribution in [0, 0.1) is 0 Å². The molecule has 0 fully saturated rings. The number of carbonyl (C=O) groups is 1. The molecule has 2 N–H and O–H groups in total. The Morgan fingerprint density at radius 1 is 1.00 bits per heavy atom. The van der Waals surface area contributed by atoms with Gasteiger partial charge in [0.25, 0.3) is 5.60 Å². The normalized spacial score (nSPS) is 14.1. The molecule has 0 aliphatic rings. The van der Waals surface area contributed by atoms with E-state index in [1.807, 2.05) is 0 Å². The minimum absolute atomic E-state index is 0.872. The lowest BCUT2D eigenvalue weighted by Crippen LogP contribution is -2.57. The summed E-state index contributed by atoms with van der Waals surface area (Å²) in [6.45, 7) is -1.77. The van der Waals surface area contributed by atoms with Gasteiger partial charge in [-0.1, -0.05) is 6.58 Å². The Balaban J connectivity index is 4.65. The molecule has 0 aromatic carbocycles. The van der Waals surface area contributed by atoms with Gasteiger partial charge in [0.2, 0.25) is 0 Å². The molecule has 0 saturated carbocycles. The Hall–Kier alpha value is -1.52. The van der Waals surface area contributed by atoms with Crippen molar-refractivity contribution in [1.29, 1.82) is 0 Å². The number of hydrogen-bond acceptors (Lipinski definition) is 6. The molecule has 16 heteroatoms. The SMILES string of the molecule is C=C(COCC(F)(F)S(=O)(=O)O)C(=O)OCCC(O)(C(F)(F)F)C(F)(F)F. The highest BCUT2D eigenvalue weighted by atomic mass is 32.2. The third-order valence-electron chi connectivity index (χ3n) is 2.85. The molecule has 27 heavy (non-hydrogen) atoms. The largest absolute Gasteiger partial charge is 0.462 e. The summed E-state index contributed by atoms with van der Waals surface area (Å²) in [5.41, 5.74) is -6.03. The van der Waals surface area contributed by atoms with Gasteiger partial charge in [0.05, 0.1) is 18.8 Å². The summed E-state index contributed by atoms with van der Waals surface area (Å²) < 4.78 is 137. The lowest BCUT2D eigenvalue weighted by molar-refractivity contribution is -0.371. The molecule has 0 unspecified atom stereocenters. The molecule has 7 nitrogen and oxygen atoms in total. The van der Waals surface area contributed by atoms with Gasteiger partial charge in [-0.25, -0.2) is 4.79 Å². The molecule has 0 amide bonds. The Bertz CT molecular complexity index is 639. The highest BCUT2D eigenvalue weighted by Crippen LogP contribution is 2.45. The number of aliphatic hydroxyl groups is 1. The van der Waals surface area contributed by atoms with E-state index in [0.29, 0.717) is 0 Å². The number of ether oxygens (including phenoxy) is 2. The third-order valence-corrected chi connectivity index (χ3v) is 3.72. The van der Waals surface area contributed by atoms with Gasteiger partial charge in [-0.2, -0.15) is 43.5 Å². The lowest BCUT2D eigenvalue weighted by atomic mass is 9.99. The predicted octanol–water partition coefficient (Wildman–Crippen LogP) is 1.83. The van der Waals surface area contributed by atoms with Crippen molar-refractivity contribution < 1.29 is 67.5 Å². The molecule has 0 aromatic rings. The average molecular weight is 440 g/mol. The van der Waals surface area contributed by atoms with E-state index < -0.39 is 71.1 Å².